The zero-order valence-corrected chi connectivity index (χ0v) is 36.0. The zero-order valence-electron chi connectivity index (χ0n) is 35.1. The minimum Gasteiger partial charge on any atom is -0.756 e. The van der Waals surface area contributed by atoms with Crippen molar-refractivity contribution < 1.29 is 42.4 Å². The van der Waals surface area contributed by atoms with E-state index < -0.39 is 38.4 Å². The summed E-state index contributed by atoms with van der Waals surface area (Å²) in [5, 5.41) is 10.1. The van der Waals surface area contributed by atoms with Gasteiger partial charge in [-0.25, -0.2) is 0 Å². The van der Waals surface area contributed by atoms with Crippen LogP contribution in [0.4, 0.5) is 0 Å². The molecule has 10 heteroatoms. The lowest BCUT2D eigenvalue weighted by atomic mass is 10.0. The number of phosphoric ester groups is 1. The molecule has 0 bridgehead atoms. The molecule has 0 aromatic carbocycles. The molecule has 9 nitrogen and oxygen atoms in total. The molecule has 2 unspecified atom stereocenters. The highest BCUT2D eigenvalue weighted by molar-refractivity contribution is 7.45. The number of ether oxygens (including phenoxy) is 1. The van der Waals surface area contributed by atoms with Gasteiger partial charge in [0.1, 0.15) is 19.3 Å². The molecule has 0 aromatic rings. The van der Waals surface area contributed by atoms with Gasteiger partial charge in [0.15, 0.2) is 11.9 Å². The van der Waals surface area contributed by atoms with E-state index >= 15 is 0 Å². The molecule has 0 aliphatic carbocycles. The van der Waals surface area contributed by atoms with Gasteiger partial charge >= 0.3 is 5.97 Å². The number of unbranched alkanes of at least 4 members (excludes halogenated alkanes) is 16. The number of rotatable bonds is 38. The van der Waals surface area contributed by atoms with E-state index in [1.165, 1.54) is 77.0 Å². The predicted molar refractivity (Wildman–Crippen MR) is 222 cm³/mol. The van der Waals surface area contributed by atoms with Crippen LogP contribution in [0, 0.1) is 0 Å². The first kappa shape index (κ1) is 52.1. The Kier molecular flexibility index (Phi) is 34.3. The maximum Gasteiger partial charge on any atom is 0.306 e. The van der Waals surface area contributed by atoms with Crippen LogP contribution in [-0.2, 0) is 27.9 Å². The van der Waals surface area contributed by atoms with Gasteiger partial charge in [0.2, 0.25) is 0 Å². The fraction of sp³-hybridized carbons (Fsp3) is 0.773. The van der Waals surface area contributed by atoms with E-state index in [1.54, 1.807) is 0 Å². The Balaban J connectivity index is 4.82. The topological polar surface area (TPSA) is 122 Å². The van der Waals surface area contributed by atoms with Crippen LogP contribution in [0.15, 0.2) is 48.6 Å². The van der Waals surface area contributed by atoms with Gasteiger partial charge in [0, 0.05) is 12.8 Å². The minimum absolute atomic E-state index is 0.0418. The summed E-state index contributed by atoms with van der Waals surface area (Å²) in [4.78, 5) is 38.8. The van der Waals surface area contributed by atoms with Crippen molar-refractivity contribution in [3.8, 4) is 0 Å². The molecule has 314 valence electrons. The Morgan fingerprint density at radius 2 is 1.17 bits per heavy atom. The molecule has 54 heavy (non-hydrogen) atoms. The SMILES string of the molecule is CCCCC/C=C\C/C=C\C/C=C\C/C=C\CCCC(=O)C(OC(=O)[14CH2]CCCCCCCCCCCCCC)[C@H](CO)OP(=O)([O-])OCC[N+](C)(C)C. The monoisotopic (exact) mass is 784 g/mol. The van der Waals surface area contributed by atoms with E-state index in [4.69, 9.17) is 13.8 Å². The number of allylic oxidation sites excluding steroid dienone is 8. The molecule has 0 rings (SSSR count). The van der Waals surface area contributed by atoms with E-state index in [9.17, 15) is 24.2 Å². The Morgan fingerprint density at radius 3 is 1.67 bits per heavy atom. The maximum absolute atomic E-state index is 13.3. The third kappa shape index (κ3) is 34.6. The molecule has 0 radical (unpaired) electrons. The first-order valence-electron chi connectivity index (χ1n) is 21.3. The normalized spacial score (nSPS) is 14.8. The largest absolute Gasteiger partial charge is 0.756 e. The third-order valence-electron chi connectivity index (χ3n) is 9.11. The lowest BCUT2D eigenvalue weighted by Crippen LogP contribution is -2.43. The second-order valence-corrected chi connectivity index (χ2v) is 16.8. The second kappa shape index (κ2) is 35.5. The van der Waals surface area contributed by atoms with Gasteiger partial charge in [-0.1, -0.05) is 152 Å². The number of nitrogens with zero attached hydrogens (tertiary/aromatic N) is 1. The van der Waals surface area contributed by atoms with E-state index in [-0.39, 0.29) is 19.4 Å². The van der Waals surface area contributed by atoms with Gasteiger partial charge in [-0.2, -0.15) is 0 Å². The van der Waals surface area contributed by atoms with Crippen molar-refractivity contribution >= 4 is 19.6 Å². The number of aliphatic hydroxyl groups excluding tert-OH is 1. The maximum atomic E-state index is 13.3. The van der Waals surface area contributed by atoms with Crippen molar-refractivity contribution in [3.63, 3.8) is 0 Å². The molecule has 0 spiro atoms. The average molecular weight is 784 g/mol. The number of aliphatic hydroxyl groups is 1. The summed E-state index contributed by atoms with van der Waals surface area (Å²) in [6.45, 7) is 3.89. The number of esters is 1. The molecule has 0 aliphatic rings. The first-order chi connectivity index (χ1) is 26.0. The van der Waals surface area contributed by atoms with Crippen molar-refractivity contribution in [2.75, 3.05) is 40.9 Å². The molecular formula is C44H80NO8P. The number of carbonyl (C=O) groups is 2. The number of phosphoric acid groups is 1. The number of ketones is 1. The van der Waals surface area contributed by atoms with Crippen molar-refractivity contribution in [1.82, 2.24) is 0 Å². The van der Waals surface area contributed by atoms with Crippen LogP contribution in [0.3, 0.4) is 0 Å². The first-order valence-corrected chi connectivity index (χ1v) is 22.8. The van der Waals surface area contributed by atoms with Gasteiger partial charge in [-0.15, -0.1) is 0 Å². The van der Waals surface area contributed by atoms with Crippen LogP contribution in [0.25, 0.3) is 0 Å². The standard InChI is InChI=1S/C44H80NO8P/c1-6-8-10-12-14-16-18-20-21-22-23-25-26-28-30-32-34-36-41(47)44(42(40-46)53-54(49,50)51-39-38-45(3,4)5)52-43(48)37-35-33-31-29-27-24-19-17-15-13-11-9-7-2/h14,16,20-21,23,25,28,30,42,44,46H,6-13,15,17-19,22,24,26-27,29,31-40H2,1-5H3/b16-14-,21-20-,25-23-,30-28-/t42-,44?/m0/s1/i37+2. The Labute approximate surface area is 330 Å². The molecule has 0 aliphatic heterocycles. The number of hydrogen-bond donors (Lipinski definition) is 1. The van der Waals surface area contributed by atoms with E-state index in [2.05, 4.69) is 50.3 Å². The highest BCUT2D eigenvalue weighted by Gasteiger charge is 2.35. The van der Waals surface area contributed by atoms with Gasteiger partial charge in [-0.3, -0.25) is 14.2 Å². The molecule has 0 saturated heterocycles. The van der Waals surface area contributed by atoms with Gasteiger partial charge < -0.3 is 28.3 Å². The highest BCUT2D eigenvalue weighted by Crippen LogP contribution is 2.41. The smallest absolute Gasteiger partial charge is 0.306 e. The summed E-state index contributed by atoms with van der Waals surface area (Å²) in [5.41, 5.74) is 0. The van der Waals surface area contributed by atoms with Gasteiger partial charge in [-0.05, 0) is 51.4 Å². The molecular weight excluding hydrogens is 703 g/mol. The van der Waals surface area contributed by atoms with Crippen molar-refractivity contribution in [3.05, 3.63) is 48.6 Å². The van der Waals surface area contributed by atoms with Crippen molar-refractivity contribution in [2.24, 2.45) is 0 Å². The fourth-order valence-corrected chi connectivity index (χ4v) is 6.62. The van der Waals surface area contributed by atoms with Gasteiger partial charge in [0.05, 0.1) is 27.7 Å². The molecule has 0 aromatic heterocycles. The summed E-state index contributed by atoms with van der Waals surface area (Å²) < 4.78 is 28.8. The zero-order chi connectivity index (χ0) is 40.2. The predicted octanol–water partition coefficient (Wildman–Crippen LogP) is 10.7. The quantitative estimate of drug-likeness (QED) is 0.0216. The molecule has 0 amide bonds. The number of likely N-dealkylation sites (N-methyl/N-ethyl adjacent to an activating group) is 1. The lowest BCUT2D eigenvalue weighted by Gasteiger charge is -2.32. The molecule has 1 N–H and O–H groups in total. The van der Waals surface area contributed by atoms with Crippen LogP contribution >= 0.6 is 7.82 Å². The van der Waals surface area contributed by atoms with Crippen LogP contribution in [-0.4, -0.2) is 74.5 Å². The number of quaternary nitrogens is 1. The van der Waals surface area contributed by atoms with E-state index in [0.717, 1.165) is 44.9 Å². The highest BCUT2D eigenvalue weighted by atomic mass is 31.2. The number of Topliss-reactive ketones (excluding diaryl/α,β-unsaturated/α-hetero) is 1. The summed E-state index contributed by atoms with van der Waals surface area (Å²) in [7, 11) is 0.783. The van der Waals surface area contributed by atoms with E-state index in [1.807, 2.05) is 33.3 Å². The summed E-state index contributed by atoms with van der Waals surface area (Å²) in [5.74, 6) is -1.10. The van der Waals surface area contributed by atoms with E-state index in [0.29, 0.717) is 30.3 Å². The molecule has 3 atom stereocenters. The third-order valence-corrected chi connectivity index (χ3v) is 10.1. The van der Waals surface area contributed by atoms with Crippen LogP contribution < -0.4 is 4.89 Å². The number of carbonyl (C=O) groups excluding carboxylic acids is 2. The minimum atomic E-state index is -4.89. The van der Waals surface area contributed by atoms with Gasteiger partial charge in [0.25, 0.3) is 7.82 Å². The van der Waals surface area contributed by atoms with Crippen LogP contribution in [0.2, 0.25) is 0 Å². The summed E-state index contributed by atoms with van der Waals surface area (Å²) in [6.07, 6.45) is 38.1. The fourth-order valence-electron chi connectivity index (χ4n) is 5.74. The van der Waals surface area contributed by atoms with Crippen LogP contribution in [0.1, 0.15) is 168 Å². The van der Waals surface area contributed by atoms with Crippen LogP contribution in [0.5, 0.6) is 0 Å². The van der Waals surface area contributed by atoms with Crippen molar-refractivity contribution in [1.29, 1.82) is 0 Å². The summed E-state index contributed by atoms with van der Waals surface area (Å²) >= 11 is 0. The Hall–Kier alpha value is -1.87. The lowest BCUT2D eigenvalue weighted by molar-refractivity contribution is -0.870. The van der Waals surface area contributed by atoms with Crippen molar-refractivity contribution in [2.45, 2.75) is 180 Å². The second-order valence-electron chi connectivity index (χ2n) is 15.5. The Bertz CT molecular complexity index is 1080. The average Bonchev–Trinajstić information content (AvgIpc) is 3.12. The Morgan fingerprint density at radius 1 is 0.704 bits per heavy atom. The molecule has 0 heterocycles. The molecule has 0 saturated carbocycles. The summed E-state index contributed by atoms with van der Waals surface area (Å²) in [6, 6.07) is 0. The number of hydrogen-bond acceptors (Lipinski definition) is 8. The molecule has 0 fully saturated rings.